The van der Waals surface area contributed by atoms with Gasteiger partial charge in [-0.2, -0.15) is 5.10 Å². The first-order chi connectivity index (χ1) is 7.22. The molecule has 0 saturated heterocycles. The summed E-state index contributed by atoms with van der Waals surface area (Å²) in [7, 11) is 0. The van der Waals surface area contributed by atoms with Crippen LogP contribution in [0.4, 0.5) is 0 Å². The number of aryl methyl sites for hydroxylation is 1. The van der Waals surface area contributed by atoms with E-state index in [1.807, 2.05) is 35.9 Å². The number of halogens is 1. The van der Waals surface area contributed by atoms with E-state index in [2.05, 4.69) is 5.10 Å². The number of nitrogens with two attached hydrogens (primary N) is 1. The molecule has 4 heteroatoms. The fourth-order valence-electron chi connectivity index (χ4n) is 1.56. The van der Waals surface area contributed by atoms with Crippen molar-refractivity contribution in [3.8, 4) is 5.69 Å². The first kappa shape index (κ1) is 10.2. The number of rotatable bonds is 2. The summed E-state index contributed by atoms with van der Waals surface area (Å²) in [6.45, 7) is 2.48. The van der Waals surface area contributed by atoms with E-state index in [4.69, 9.17) is 17.3 Å². The Bertz CT molecular complexity index is 476. The second kappa shape index (κ2) is 4.04. The molecule has 78 valence electrons. The molecule has 0 amide bonds. The zero-order valence-electron chi connectivity index (χ0n) is 8.44. The molecular formula is C11H12ClN3. The highest BCUT2D eigenvalue weighted by Gasteiger charge is 2.06. The van der Waals surface area contributed by atoms with Gasteiger partial charge in [-0.05, 0) is 36.8 Å². The van der Waals surface area contributed by atoms with Crippen molar-refractivity contribution in [3.05, 3.63) is 46.7 Å². The maximum Gasteiger partial charge on any atom is 0.0679 e. The molecule has 0 saturated carbocycles. The molecule has 1 aromatic heterocycles. The van der Waals surface area contributed by atoms with Crippen LogP contribution in [0.3, 0.4) is 0 Å². The SMILES string of the molecule is Cc1cc(Cl)ccc1-n1nccc1CN. The van der Waals surface area contributed by atoms with Crippen LogP contribution in [0.1, 0.15) is 11.3 Å². The quantitative estimate of drug-likeness (QED) is 0.846. The summed E-state index contributed by atoms with van der Waals surface area (Å²) >= 11 is 5.90. The molecule has 3 nitrogen and oxygen atoms in total. The summed E-state index contributed by atoms with van der Waals surface area (Å²) in [4.78, 5) is 0. The van der Waals surface area contributed by atoms with Crippen LogP contribution in [0.2, 0.25) is 5.02 Å². The number of benzene rings is 1. The van der Waals surface area contributed by atoms with Crippen LogP contribution in [-0.2, 0) is 6.54 Å². The molecule has 0 atom stereocenters. The Labute approximate surface area is 93.5 Å². The van der Waals surface area contributed by atoms with Crippen molar-refractivity contribution < 1.29 is 0 Å². The Morgan fingerprint density at radius 1 is 1.40 bits per heavy atom. The Hall–Kier alpha value is -1.32. The largest absolute Gasteiger partial charge is 0.325 e. The summed E-state index contributed by atoms with van der Waals surface area (Å²) < 4.78 is 1.84. The fourth-order valence-corrected chi connectivity index (χ4v) is 1.79. The van der Waals surface area contributed by atoms with Crippen LogP contribution in [0, 0.1) is 6.92 Å². The van der Waals surface area contributed by atoms with E-state index >= 15 is 0 Å². The second-order valence-electron chi connectivity index (χ2n) is 3.37. The van der Waals surface area contributed by atoms with E-state index in [0.29, 0.717) is 6.54 Å². The van der Waals surface area contributed by atoms with E-state index < -0.39 is 0 Å². The smallest absolute Gasteiger partial charge is 0.0679 e. The Morgan fingerprint density at radius 3 is 2.87 bits per heavy atom. The molecule has 0 unspecified atom stereocenters. The molecule has 15 heavy (non-hydrogen) atoms. The van der Waals surface area contributed by atoms with Gasteiger partial charge in [0.05, 0.1) is 11.4 Å². The Kier molecular flexibility index (Phi) is 2.75. The predicted molar refractivity (Wildman–Crippen MR) is 61.2 cm³/mol. The Balaban J connectivity index is 2.54. The first-order valence-electron chi connectivity index (χ1n) is 4.72. The summed E-state index contributed by atoms with van der Waals surface area (Å²) in [5.74, 6) is 0. The molecule has 0 radical (unpaired) electrons. The average molecular weight is 222 g/mol. The second-order valence-corrected chi connectivity index (χ2v) is 3.81. The van der Waals surface area contributed by atoms with Crippen LogP contribution >= 0.6 is 11.6 Å². The van der Waals surface area contributed by atoms with Gasteiger partial charge < -0.3 is 5.73 Å². The van der Waals surface area contributed by atoms with E-state index in [9.17, 15) is 0 Å². The third-order valence-corrected chi connectivity index (χ3v) is 2.55. The van der Waals surface area contributed by atoms with Gasteiger partial charge in [0, 0.05) is 17.8 Å². The number of hydrogen-bond donors (Lipinski definition) is 1. The molecule has 2 N–H and O–H groups in total. The van der Waals surface area contributed by atoms with E-state index in [0.717, 1.165) is 22.0 Å². The first-order valence-corrected chi connectivity index (χ1v) is 5.09. The van der Waals surface area contributed by atoms with Crippen LogP contribution in [0.5, 0.6) is 0 Å². The summed E-state index contributed by atoms with van der Waals surface area (Å²) in [6.07, 6.45) is 1.75. The minimum atomic E-state index is 0.474. The van der Waals surface area contributed by atoms with Gasteiger partial charge in [-0.1, -0.05) is 11.6 Å². The van der Waals surface area contributed by atoms with Crippen molar-refractivity contribution in [2.45, 2.75) is 13.5 Å². The van der Waals surface area contributed by atoms with Gasteiger partial charge in [-0.3, -0.25) is 0 Å². The highest BCUT2D eigenvalue weighted by molar-refractivity contribution is 6.30. The molecule has 0 aliphatic rings. The van der Waals surface area contributed by atoms with Crippen molar-refractivity contribution >= 4 is 11.6 Å². The minimum absolute atomic E-state index is 0.474. The van der Waals surface area contributed by atoms with Crippen LogP contribution < -0.4 is 5.73 Å². The molecular weight excluding hydrogens is 210 g/mol. The van der Waals surface area contributed by atoms with Crippen molar-refractivity contribution in [1.29, 1.82) is 0 Å². The topological polar surface area (TPSA) is 43.8 Å². The summed E-state index contributed by atoms with van der Waals surface area (Å²) in [5.41, 5.74) is 8.71. The predicted octanol–water partition coefficient (Wildman–Crippen LogP) is 2.29. The van der Waals surface area contributed by atoms with E-state index in [-0.39, 0.29) is 0 Å². The number of hydrogen-bond acceptors (Lipinski definition) is 2. The average Bonchev–Trinajstić information content (AvgIpc) is 2.65. The summed E-state index contributed by atoms with van der Waals surface area (Å²) in [6, 6.07) is 7.63. The van der Waals surface area contributed by atoms with Crippen molar-refractivity contribution in [3.63, 3.8) is 0 Å². The molecule has 0 aliphatic carbocycles. The number of nitrogens with zero attached hydrogens (tertiary/aromatic N) is 2. The van der Waals surface area contributed by atoms with Crippen molar-refractivity contribution in [2.24, 2.45) is 5.73 Å². The lowest BCUT2D eigenvalue weighted by atomic mass is 10.2. The molecule has 0 spiro atoms. The van der Waals surface area contributed by atoms with Crippen molar-refractivity contribution in [1.82, 2.24) is 9.78 Å². The molecule has 1 aromatic carbocycles. The summed E-state index contributed by atoms with van der Waals surface area (Å²) in [5, 5.41) is 4.98. The minimum Gasteiger partial charge on any atom is -0.325 e. The lowest BCUT2D eigenvalue weighted by molar-refractivity contribution is 0.799. The number of aromatic nitrogens is 2. The third-order valence-electron chi connectivity index (χ3n) is 2.32. The maximum absolute atomic E-state index is 5.90. The highest BCUT2D eigenvalue weighted by Crippen LogP contribution is 2.19. The van der Waals surface area contributed by atoms with Crippen LogP contribution in [0.15, 0.2) is 30.5 Å². The van der Waals surface area contributed by atoms with Crippen LogP contribution in [-0.4, -0.2) is 9.78 Å². The zero-order chi connectivity index (χ0) is 10.8. The lowest BCUT2D eigenvalue weighted by Gasteiger charge is -2.09. The molecule has 0 bridgehead atoms. The highest BCUT2D eigenvalue weighted by atomic mass is 35.5. The van der Waals surface area contributed by atoms with Gasteiger partial charge in [0.2, 0.25) is 0 Å². The standard InChI is InChI=1S/C11H12ClN3/c1-8-6-9(12)2-3-11(8)15-10(7-13)4-5-14-15/h2-6H,7,13H2,1H3. The molecule has 0 fully saturated rings. The van der Waals surface area contributed by atoms with E-state index in [1.54, 1.807) is 6.20 Å². The van der Waals surface area contributed by atoms with Gasteiger partial charge in [-0.15, -0.1) is 0 Å². The monoisotopic (exact) mass is 221 g/mol. The maximum atomic E-state index is 5.90. The normalized spacial score (nSPS) is 10.6. The van der Waals surface area contributed by atoms with Gasteiger partial charge >= 0.3 is 0 Å². The van der Waals surface area contributed by atoms with Gasteiger partial charge in [0.15, 0.2) is 0 Å². The molecule has 0 aliphatic heterocycles. The molecule has 2 aromatic rings. The Morgan fingerprint density at radius 2 is 2.20 bits per heavy atom. The van der Waals surface area contributed by atoms with Crippen molar-refractivity contribution in [2.75, 3.05) is 0 Å². The van der Waals surface area contributed by atoms with E-state index in [1.165, 1.54) is 0 Å². The third kappa shape index (κ3) is 1.89. The van der Waals surface area contributed by atoms with Gasteiger partial charge in [0.25, 0.3) is 0 Å². The lowest BCUT2D eigenvalue weighted by Crippen LogP contribution is -2.07. The van der Waals surface area contributed by atoms with Gasteiger partial charge in [-0.25, -0.2) is 4.68 Å². The zero-order valence-corrected chi connectivity index (χ0v) is 9.20. The van der Waals surface area contributed by atoms with Gasteiger partial charge in [0.1, 0.15) is 0 Å². The molecule has 2 rings (SSSR count). The van der Waals surface area contributed by atoms with Crippen LogP contribution in [0.25, 0.3) is 5.69 Å². The fraction of sp³-hybridized carbons (Fsp3) is 0.182. The molecule has 1 heterocycles.